The van der Waals surface area contributed by atoms with Crippen LogP contribution < -0.4 is 30.1 Å². The molecule has 4 rings (SSSR count). The lowest BCUT2D eigenvalue weighted by Crippen LogP contribution is -2.34. The summed E-state index contributed by atoms with van der Waals surface area (Å²) in [5.74, 6) is 0.872. The number of nitrogens with zero attached hydrogens (tertiary/aromatic N) is 4. The summed E-state index contributed by atoms with van der Waals surface area (Å²) in [5, 5.41) is 28.9. The molecule has 0 aliphatic carbocycles. The van der Waals surface area contributed by atoms with Gasteiger partial charge in [0, 0.05) is 36.6 Å². The summed E-state index contributed by atoms with van der Waals surface area (Å²) in [4.78, 5) is 3.61. The smallest absolute Gasteiger partial charge is 0.193 e. The molecule has 228 valence electrons. The molecular formula is C32H34N6O4S2. The second kappa shape index (κ2) is 17.0. The van der Waals surface area contributed by atoms with Crippen LogP contribution in [0.2, 0.25) is 0 Å². The number of ether oxygens (including phenoxy) is 2. The number of rotatable bonds is 8. The Bertz CT molecular complexity index is 1470. The van der Waals surface area contributed by atoms with Crippen LogP contribution in [-0.4, -0.2) is 61.2 Å². The molecule has 10 nitrogen and oxygen atoms in total. The van der Waals surface area contributed by atoms with Crippen molar-refractivity contribution in [3.63, 3.8) is 0 Å². The molecule has 0 aromatic heterocycles. The van der Waals surface area contributed by atoms with Crippen molar-refractivity contribution >= 4 is 58.5 Å². The van der Waals surface area contributed by atoms with E-state index in [9.17, 15) is 10.2 Å². The molecule has 44 heavy (non-hydrogen) atoms. The molecule has 0 fully saturated rings. The van der Waals surface area contributed by atoms with E-state index in [-0.39, 0.29) is 11.5 Å². The van der Waals surface area contributed by atoms with Crippen LogP contribution in [0.15, 0.2) is 107 Å². The SMILES string of the molecule is COc1cccc(/C=N/NC(=S)N(C)c2ccccc2)c1O.COc1cccc(/C=N/NC(=S)N(C)c2ccccc2)c1O. The van der Waals surface area contributed by atoms with Gasteiger partial charge >= 0.3 is 0 Å². The molecule has 4 aromatic rings. The molecular weight excluding hydrogens is 597 g/mol. The number of phenolic OH excluding ortho intramolecular Hbond substituents is 2. The van der Waals surface area contributed by atoms with Crippen molar-refractivity contribution in [3.05, 3.63) is 108 Å². The first-order valence-electron chi connectivity index (χ1n) is 13.2. The number of phenols is 2. The number of benzene rings is 4. The molecule has 0 saturated heterocycles. The molecule has 0 unspecified atom stereocenters. The van der Waals surface area contributed by atoms with Gasteiger partial charge in [-0.15, -0.1) is 0 Å². The minimum Gasteiger partial charge on any atom is -0.504 e. The van der Waals surface area contributed by atoms with Gasteiger partial charge in [-0.05, 0) is 73.0 Å². The maximum atomic E-state index is 9.95. The number of anilines is 2. The molecule has 4 aromatic carbocycles. The molecule has 12 heteroatoms. The van der Waals surface area contributed by atoms with Gasteiger partial charge < -0.3 is 29.5 Å². The van der Waals surface area contributed by atoms with Crippen LogP contribution in [0.25, 0.3) is 0 Å². The Hall–Kier alpha value is -5.20. The zero-order valence-corrected chi connectivity index (χ0v) is 26.3. The first-order chi connectivity index (χ1) is 21.3. The van der Waals surface area contributed by atoms with Crippen LogP contribution in [-0.2, 0) is 0 Å². The highest BCUT2D eigenvalue weighted by atomic mass is 32.1. The molecule has 0 spiro atoms. The molecule has 0 saturated carbocycles. The topological polar surface area (TPSA) is 114 Å². The van der Waals surface area contributed by atoms with Crippen LogP contribution in [0.5, 0.6) is 23.0 Å². The average molecular weight is 631 g/mol. The highest BCUT2D eigenvalue weighted by molar-refractivity contribution is 7.80. The van der Waals surface area contributed by atoms with E-state index in [1.165, 1.54) is 26.6 Å². The lowest BCUT2D eigenvalue weighted by atomic mass is 10.2. The van der Waals surface area contributed by atoms with E-state index >= 15 is 0 Å². The number of nitrogens with one attached hydrogen (secondary N) is 2. The minimum absolute atomic E-state index is 0.0397. The molecule has 0 amide bonds. The van der Waals surface area contributed by atoms with E-state index in [0.717, 1.165) is 11.4 Å². The normalized spacial score (nSPS) is 10.5. The highest BCUT2D eigenvalue weighted by Gasteiger charge is 2.08. The van der Waals surface area contributed by atoms with E-state index in [1.807, 2.05) is 74.8 Å². The van der Waals surface area contributed by atoms with Gasteiger partial charge in [0.25, 0.3) is 0 Å². The van der Waals surface area contributed by atoms with Crippen molar-refractivity contribution in [1.82, 2.24) is 10.9 Å². The van der Waals surface area contributed by atoms with Crippen molar-refractivity contribution in [3.8, 4) is 23.0 Å². The third-order valence-corrected chi connectivity index (χ3v) is 6.85. The highest BCUT2D eigenvalue weighted by Crippen LogP contribution is 2.28. The van der Waals surface area contributed by atoms with E-state index in [4.69, 9.17) is 33.9 Å². The Labute approximate surface area is 267 Å². The quantitative estimate of drug-likeness (QED) is 0.113. The second-order valence-electron chi connectivity index (χ2n) is 8.94. The standard InChI is InChI=1S/2C16H17N3O2S/c2*1-19(13-8-4-3-5-9-13)16(22)18-17-11-12-7-6-10-14(21-2)15(12)20/h2*3-11,20H,1-2H3,(H,18,22)/b2*17-11+. The van der Waals surface area contributed by atoms with Crippen LogP contribution in [0.3, 0.4) is 0 Å². The Morgan fingerprint density at radius 1 is 0.614 bits per heavy atom. The largest absolute Gasteiger partial charge is 0.504 e. The number of thiocarbonyl (C=S) groups is 2. The van der Waals surface area contributed by atoms with Gasteiger partial charge in [-0.1, -0.05) is 48.5 Å². The van der Waals surface area contributed by atoms with Gasteiger partial charge in [-0.3, -0.25) is 10.9 Å². The first-order valence-corrected chi connectivity index (χ1v) is 14.0. The Kier molecular flexibility index (Phi) is 12.9. The van der Waals surface area contributed by atoms with Crippen LogP contribution in [0.1, 0.15) is 11.1 Å². The van der Waals surface area contributed by atoms with Crippen molar-refractivity contribution in [2.75, 3.05) is 38.1 Å². The van der Waals surface area contributed by atoms with E-state index < -0.39 is 0 Å². The minimum atomic E-state index is 0.0397. The summed E-state index contributed by atoms with van der Waals surface area (Å²) >= 11 is 10.5. The predicted octanol–water partition coefficient (Wildman–Crippen LogP) is 5.49. The summed E-state index contributed by atoms with van der Waals surface area (Å²) in [7, 11) is 6.70. The predicted molar refractivity (Wildman–Crippen MR) is 186 cm³/mol. The third-order valence-electron chi connectivity index (χ3n) is 6.12. The monoisotopic (exact) mass is 630 g/mol. The molecule has 0 aliphatic rings. The van der Waals surface area contributed by atoms with Crippen LogP contribution in [0.4, 0.5) is 11.4 Å². The van der Waals surface area contributed by atoms with E-state index in [0.29, 0.717) is 32.9 Å². The summed E-state index contributed by atoms with van der Waals surface area (Å²) in [6.07, 6.45) is 2.98. The van der Waals surface area contributed by atoms with Gasteiger partial charge in [0.2, 0.25) is 0 Å². The number of aromatic hydroxyl groups is 2. The molecule has 0 heterocycles. The van der Waals surface area contributed by atoms with Crippen LogP contribution in [0, 0.1) is 0 Å². The Morgan fingerprint density at radius 3 is 1.32 bits per heavy atom. The van der Waals surface area contributed by atoms with Crippen molar-refractivity contribution in [2.24, 2.45) is 10.2 Å². The molecule has 0 bridgehead atoms. The first kappa shape index (κ1) is 33.3. The maximum Gasteiger partial charge on any atom is 0.193 e. The van der Waals surface area contributed by atoms with Gasteiger partial charge in [0.1, 0.15) is 0 Å². The summed E-state index contributed by atoms with van der Waals surface area (Å²) in [5.41, 5.74) is 8.53. The summed E-state index contributed by atoms with van der Waals surface area (Å²) in [6, 6.07) is 29.8. The number of para-hydroxylation sites is 4. The van der Waals surface area contributed by atoms with Crippen molar-refractivity contribution in [1.29, 1.82) is 0 Å². The third kappa shape index (κ3) is 9.41. The van der Waals surface area contributed by atoms with Gasteiger partial charge in [0.15, 0.2) is 33.2 Å². The lowest BCUT2D eigenvalue weighted by Gasteiger charge is -2.18. The van der Waals surface area contributed by atoms with Crippen molar-refractivity contribution in [2.45, 2.75) is 0 Å². The summed E-state index contributed by atoms with van der Waals surface area (Å²) < 4.78 is 10.1. The molecule has 0 radical (unpaired) electrons. The number of hydrogen-bond donors (Lipinski definition) is 4. The molecule has 0 atom stereocenters. The fourth-order valence-electron chi connectivity index (χ4n) is 3.62. The fraction of sp³-hybridized carbons (Fsp3) is 0.125. The van der Waals surface area contributed by atoms with Gasteiger partial charge in [-0.2, -0.15) is 10.2 Å². The number of hydrogen-bond acceptors (Lipinski definition) is 8. The van der Waals surface area contributed by atoms with Gasteiger partial charge in [0.05, 0.1) is 26.6 Å². The van der Waals surface area contributed by atoms with Gasteiger partial charge in [-0.25, -0.2) is 0 Å². The van der Waals surface area contributed by atoms with Crippen LogP contribution >= 0.6 is 24.4 Å². The average Bonchev–Trinajstić information content (AvgIpc) is 3.06. The Balaban J connectivity index is 0.000000240. The van der Waals surface area contributed by atoms with E-state index in [2.05, 4.69) is 21.1 Å². The number of hydrazone groups is 2. The second-order valence-corrected chi connectivity index (χ2v) is 9.71. The molecule has 0 aliphatic heterocycles. The van der Waals surface area contributed by atoms with E-state index in [1.54, 1.807) is 46.2 Å². The maximum absolute atomic E-state index is 9.95. The zero-order chi connectivity index (χ0) is 31.9. The lowest BCUT2D eigenvalue weighted by molar-refractivity contribution is 0.373. The van der Waals surface area contributed by atoms with Crippen molar-refractivity contribution < 1.29 is 19.7 Å². The number of methoxy groups -OCH3 is 2. The zero-order valence-electron chi connectivity index (χ0n) is 24.7. The Morgan fingerprint density at radius 2 is 0.977 bits per heavy atom. The fourth-order valence-corrected chi connectivity index (χ4v) is 3.93. The summed E-state index contributed by atoms with van der Waals surface area (Å²) in [6.45, 7) is 0. The molecule has 4 N–H and O–H groups in total.